The molecule has 0 radical (unpaired) electrons. The summed E-state index contributed by atoms with van der Waals surface area (Å²) in [5, 5.41) is 2.64. The molecule has 0 aromatic rings. The van der Waals surface area contributed by atoms with Crippen LogP contribution in [0.2, 0.25) is 0 Å². The molecule has 0 spiro atoms. The topological polar surface area (TPSA) is 29.1 Å². The lowest BCUT2D eigenvalue weighted by atomic mass is 10.1. The standard InChI is InChI=1S/C8H11NOS/c1-3-5-6(4-2)8(11)9-7(5)10/h3-4H2,1-2H3,(H,9,10,11). The summed E-state index contributed by atoms with van der Waals surface area (Å²) in [5.74, 6) is -0.00523. The summed E-state index contributed by atoms with van der Waals surface area (Å²) in [7, 11) is 0. The fourth-order valence-electron chi connectivity index (χ4n) is 1.28. The number of rotatable bonds is 2. The number of thiocarbonyl (C=S) groups is 1. The van der Waals surface area contributed by atoms with Gasteiger partial charge in [0.1, 0.15) is 4.99 Å². The number of hydrogen-bond acceptors (Lipinski definition) is 2. The van der Waals surface area contributed by atoms with Gasteiger partial charge >= 0.3 is 0 Å². The molecule has 1 aliphatic rings. The largest absolute Gasteiger partial charge is 0.313 e. The predicted molar refractivity (Wildman–Crippen MR) is 48.3 cm³/mol. The van der Waals surface area contributed by atoms with E-state index in [1.54, 1.807) is 0 Å². The lowest BCUT2D eigenvalue weighted by molar-refractivity contribution is -0.115. The van der Waals surface area contributed by atoms with Crippen LogP contribution in [0, 0.1) is 0 Å². The van der Waals surface area contributed by atoms with Crippen LogP contribution in [0.15, 0.2) is 11.1 Å². The Kier molecular flexibility index (Phi) is 2.39. The molecule has 0 atom stereocenters. The van der Waals surface area contributed by atoms with Gasteiger partial charge in [-0.05, 0) is 18.4 Å². The smallest absolute Gasteiger partial charge is 0.252 e. The molecular formula is C8H11NOS. The minimum atomic E-state index is -0.00523. The highest BCUT2D eigenvalue weighted by molar-refractivity contribution is 7.80. The zero-order chi connectivity index (χ0) is 8.43. The lowest BCUT2D eigenvalue weighted by Gasteiger charge is -1.96. The van der Waals surface area contributed by atoms with Crippen molar-refractivity contribution >= 4 is 23.1 Å². The van der Waals surface area contributed by atoms with Crippen LogP contribution in [0.5, 0.6) is 0 Å². The van der Waals surface area contributed by atoms with Crippen molar-refractivity contribution < 1.29 is 4.79 Å². The predicted octanol–water partition coefficient (Wildman–Crippen LogP) is 1.56. The monoisotopic (exact) mass is 169 g/mol. The molecule has 0 saturated heterocycles. The van der Waals surface area contributed by atoms with Gasteiger partial charge in [-0.15, -0.1) is 0 Å². The van der Waals surface area contributed by atoms with E-state index in [2.05, 4.69) is 5.32 Å². The number of hydrogen-bond donors (Lipinski definition) is 1. The van der Waals surface area contributed by atoms with Crippen LogP contribution in [0.25, 0.3) is 0 Å². The molecular weight excluding hydrogens is 158 g/mol. The van der Waals surface area contributed by atoms with Crippen LogP contribution in [0.1, 0.15) is 26.7 Å². The van der Waals surface area contributed by atoms with E-state index < -0.39 is 0 Å². The maximum atomic E-state index is 11.1. The molecule has 3 heteroatoms. The molecule has 1 aliphatic heterocycles. The molecule has 0 aromatic heterocycles. The Morgan fingerprint density at radius 1 is 1.27 bits per heavy atom. The zero-order valence-electron chi connectivity index (χ0n) is 6.73. The fraction of sp³-hybridized carbons (Fsp3) is 0.500. The first-order chi connectivity index (χ1) is 5.20. The quantitative estimate of drug-likeness (QED) is 0.636. The molecule has 0 bridgehead atoms. The lowest BCUT2D eigenvalue weighted by Crippen LogP contribution is -2.21. The van der Waals surface area contributed by atoms with Crippen LogP contribution in [0.4, 0.5) is 0 Å². The van der Waals surface area contributed by atoms with Crippen molar-refractivity contribution in [3.63, 3.8) is 0 Å². The number of carbonyl (C=O) groups excluding carboxylic acids is 1. The van der Waals surface area contributed by atoms with Crippen molar-refractivity contribution in [2.45, 2.75) is 26.7 Å². The van der Waals surface area contributed by atoms with Crippen molar-refractivity contribution in [1.82, 2.24) is 5.32 Å². The summed E-state index contributed by atoms with van der Waals surface area (Å²) in [6.07, 6.45) is 1.62. The Hall–Kier alpha value is -0.700. The third kappa shape index (κ3) is 1.33. The highest BCUT2D eigenvalue weighted by atomic mass is 32.1. The Balaban J connectivity index is 3.02. The van der Waals surface area contributed by atoms with Gasteiger partial charge in [-0.2, -0.15) is 0 Å². The van der Waals surface area contributed by atoms with Gasteiger partial charge in [0, 0.05) is 5.57 Å². The maximum Gasteiger partial charge on any atom is 0.252 e. The summed E-state index contributed by atoms with van der Waals surface area (Å²) >= 11 is 4.97. The van der Waals surface area contributed by atoms with Crippen LogP contribution in [-0.2, 0) is 4.79 Å². The summed E-state index contributed by atoms with van der Waals surface area (Å²) in [6, 6.07) is 0. The second-order valence-electron chi connectivity index (χ2n) is 2.45. The molecule has 1 N–H and O–H groups in total. The van der Waals surface area contributed by atoms with Crippen molar-refractivity contribution in [2.24, 2.45) is 0 Å². The molecule has 0 saturated carbocycles. The fourth-order valence-corrected chi connectivity index (χ4v) is 1.64. The first kappa shape index (κ1) is 8.40. The van der Waals surface area contributed by atoms with E-state index in [9.17, 15) is 4.79 Å². The minimum absolute atomic E-state index is 0.00523. The molecule has 1 heterocycles. The Morgan fingerprint density at radius 2 is 1.82 bits per heavy atom. The second kappa shape index (κ2) is 3.13. The highest BCUT2D eigenvalue weighted by Crippen LogP contribution is 2.19. The first-order valence-corrected chi connectivity index (χ1v) is 4.19. The van der Waals surface area contributed by atoms with E-state index in [1.807, 2.05) is 13.8 Å². The van der Waals surface area contributed by atoms with E-state index in [0.717, 1.165) is 24.0 Å². The van der Waals surface area contributed by atoms with Crippen LogP contribution < -0.4 is 5.32 Å². The van der Waals surface area contributed by atoms with Crippen LogP contribution in [0.3, 0.4) is 0 Å². The van der Waals surface area contributed by atoms with Crippen molar-refractivity contribution in [2.75, 3.05) is 0 Å². The van der Waals surface area contributed by atoms with Gasteiger partial charge in [0.05, 0.1) is 0 Å². The van der Waals surface area contributed by atoms with E-state index in [-0.39, 0.29) is 5.91 Å². The van der Waals surface area contributed by atoms with Gasteiger partial charge in [0.15, 0.2) is 0 Å². The average molecular weight is 169 g/mol. The normalized spacial score (nSPS) is 17.6. The molecule has 0 aromatic carbocycles. The minimum Gasteiger partial charge on any atom is -0.313 e. The average Bonchev–Trinajstić information content (AvgIpc) is 2.24. The summed E-state index contributed by atoms with van der Waals surface area (Å²) in [5.41, 5.74) is 1.88. The number of nitrogens with one attached hydrogen (secondary N) is 1. The van der Waals surface area contributed by atoms with Crippen LogP contribution >= 0.6 is 12.2 Å². The van der Waals surface area contributed by atoms with Crippen molar-refractivity contribution in [3.8, 4) is 0 Å². The zero-order valence-corrected chi connectivity index (χ0v) is 7.55. The van der Waals surface area contributed by atoms with Crippen LogP contribution in [-0.4, -0.2) is 10.9 Å². The highest BCUT2D eigenvalue weighted by Gasteiger charge is 2.23. The van der Waals surface area contributed by atoms with Crippen molar-refractivity contribution in [1.29, 1.82) is 0 Å². The molecule has 0 aliphatic carbocycles. The molecule has 1 rings (SSSR count). The summed E-state index contributed by atoms with van der Waals surface area (Å²) in [4.78, 5) is 11.7. The van der Waals surface area contributed by atoms with E-state index in [4.69, 9.17) is 12.2 Å². The second-order valence-corrected chi connectivity index (χ2v) is 2.86. The van der Waals surface area contributed by atoms with Gasteiger partial charge in [-0.1, -0.05) is 26.1 Å². The van der Waals surface area contributed by atoms with Gasteiger partial charge in [-0.25, -0.2) is 0 Å². The third-order valence-electron chi connectivity index (χ3n) is 1.85. The van der Waals surface area contributed by atoms with Gasteiger partial charge in [0.2, 0.25) is 0 Å². The Labute approximate surface area is 71.7 Å². The van der Waals surface area contributed by atoms with E-state index >= 15 is 0 Å². The maximum absolute atomic E-state index is 11.1. The number of amides is 1. The molecule has 0 fully saturated rings. The third-order valence-corrected chi connectivity index (χ3v) is 2.20. The summed E-state index contributed by atoms with van der Waals surface area (Å²) in [6.45, 7) is 3.98. The SMILES string of the molecule is CCC1=C(CC)C(=S)NC1=O. The Bertz CT molecular complexity index is 218. The molecule has 11 heavy (non-hydrogen) atoms. The van der Waals surface area contributed by atoms with Crippen molar-refractivity contribution in [3.05, 3.63) is 11.1 Å². The van der Waals surface area contributed by atoms with E-state index in [0.29, 0.717) is 4.99 Å². The van der Waals surface area contributed by atoms with Gasteiger partial charge in [-0.3, -0.25) is 4.79 Å². The molecule has 0 unspecified atom stereocenters. The first-order valence-electron chi connectivity index (χ1n) is 3.78. The van der Waals surface area contributed by atoms with Gasteiger partial charge < -0.3 is 5.32 Å². The number of carbonyl (C=O) groups is 1. The Morgan fingerprint density at radius 3 is 2.18 bits per heavy atom. The molecule has 60 valence electrons. The molecule has 2 nitrogen and oxygen atoms in total. The molecule has 1 amide bonds. The van der Waals surface area contributed by atoms with Gasteiger partial charge in [0.25, 0.3) is 5.91 Å². The summed E-state index contributed by atoms with van der Waals surface area (Å²) < 4.78 is 0. The van der Waals surface area contributed by atoms with E-state index in [1.165, 1.54) is 0 Å².